The summed E-state index contributed by atoms with van der Waals surface area (Å²) in [4.78, 5) is 22.8. The standard InChI is InChI=1S/C31H22F6O4/c1-19(38)21-3-11-25(12-4-21)40-27-15-7-23(8-16-27)29(32,30(33,34)31(35,36)37)24-9-17-28(18-10-24)41-26-13-5-22(6-14-26)20(2)39/h3-18H,1-2H3. The Kier molecular flexibility index (Phi) is 7.96. The molecule has 4 rings (SSSR count). The van der Waals surface area contributed by atoms with Crippen LogP contribution in [0.15, 0.2) is 97.1 Å². The molecular formula is C31H22F6O4. The Bertz CT molecular complexity index is 1420. The number of carbonyl (C=O) groups is 2. The number of ether oxygens (including phenoxy) is 2. The molecule has 0 aromatic heterocycles. The van der Waals surface area contributed by atoms with Gasteiger partial charge in [0, 0.05) is 22.3 Å². The van der Waals surface area contributed by atoms with Crippen LogP contribution in [0.2, 0.25) is 0 Å². The van der Waals surface area contributed by atoms with Crippen molar-refractivity contribution < 1.29 is 45.4 Å². The van der Waals surface area contributed by atoms with Crippen LogP contribution in [-0.4, -0.2) is 23.7 Å². The van der Waals surface area contributed by atoms with Gasteiger partial charge in [-0.25, -0.2) is 4.39 Å². The van der Waals surface area contributed by atoms with E-state index in [4.69, 9.17) is 9.47 Å². The Morgan fingerprint density at radius 1 is 0.488 bits per heavy atom. The first kappa shape index (κ1) is 29.4. The number of alkyl halides is 6. The summed E-state index contributed by atoms with van der Waals surface area (Å²) >= 11 is 0. The maximum Gasteiger partial charge on any atom is 0.457 e. The lowest BCUT2D eigenvalue weighted by atomic mass is 9.82. The summed E-state index contributed by atoms with van der Waals surface area (Å²) in [7, 11) is 0. The summed E-state index contributed by atoms with van der Waals surface area (Å²) < 4.78 is 97.6. The fourth-order valence-corrected chi connectivity index (χ4v) is 4.02. The third kappa shape index (κ3) is 5.96. The Hall–Kier alpha value is -4.60. The van der Waals surface area contributed by atoms with Crippen molar-refractivity contribution >= 4 is 11.6 Å². The van der Waals surface area contributed by atoms with Crippen molar-refractivity contribution in [1.29, 1.82) is 0 Å². The lowest BCUT2D eigenvalue weighted by Crippen LogP contribution is -2.53. The fourth-order valence-electron chi connectivity index (χ4n) is 4.02. The van der Waals surface area contributed by atoms with Crippen LogP contribution in [0.4, 0.5) is 26.3 Å². The van der Waals surface area contributed by atoms with Gasteiger partial charge in [-0.15, -0.1) is 0 Å². The second-order valence-corrected chi connectivity index (χ2v) is 9.14. The third-order valence-corrected chi connectivity index (χ3v) is 6.29. The molecule has 4 aromatic carbocycles. The first-order valence-electron chi connectivity index (χ1n) is 12.1. The Morgan fingerprint density at radius 2 is 0.756 bits per heavy atom. The van der Waals surface area contributed by atoms with E-state index in [9.17, 15) is 31.5 Å². The Morgan fingerprint density at radius 3 is 1.00 bits per heavy atom. The lowest BCUT2D eigenvalue weighted by Gasteiger charge is -2.35. The highest BCUT2D eigenvalue weighted by atomic mass is 19.4. The Labute approximate surface area is 231 Å². The van der Waals surface area contributed by atoms with Crippen LogP contribution in [0.25, 0.3) is 0 Å². The molecule has 4 aromatic rings. The zero-order chi connectivity index (χ0) is 30.0. The number of carbonyl (C=O) groups excluding carboxylic acids is 2. The molecule has 0 amide bonds. The molecular weight excluding hydrogens is 550 g/mol. The van der Waals surface area contributed by atoms with Gasteiger partial charge in [-0.3, -0.25) is 9.59 Å². The average Bonchev–Trinajstić information content (AvgIpc) is 2.93. The monoisotopic (exact) mass is 572 g/mol. The normalized spacial score (nSPS) is 12.1. The molecule has 0 aliphatic heterocycles. The predicted octanol–water partition coefficient (Wildman–Crippen LogP) is 9.09. The first-order valence-corrected chi connectivity index (χ1v) is 12.1. The number of hydrogen-bond acceptors (Lipinski definition) is 4. The highest BCUT2D eigenvalue weighted by Crippen LogP contribution is 2.54. The van der Waals surface area contributed by atoms with Crippen molar-refractivity contribution in [3.05, 3.63) is 119 Å². The van der Waals surface area contributed by atoms with Crippen molar-refractivity contribution in [3.63, 3.8) is 0 Å². The van der Waals surface area contributed by atoms with E-state index in [1.807, 2.05) is 0 Å². The number of benzene rings is 4. The van der Waals surface area contributed by atoms with E-state index in [0.29, 0.717) is 11.1 Å². The van der Waals surface area contributed by atoms with E-state index in [2.05, 4.69) is 0 Å². The summed E-state index contributed by atoms with van der Waals surface area (Å²) in [6.07, 6.45) is -6.22. The molecule has 0 saturated carbocycles. The minimum atomic E-state index is -6.22. The summed E-state index contributed by atoms with van der Waals surface area (Å²) in [6, 6.07) is 19.3. The van der Waals surface area contributed by atoms with E-state index < -0.39 is 28.9 Å². The molecule has 0 fully saturated rings. The van der Waals surface area contributed by atoms with Gasteiger partial charge in [-0.05, 0) is 86.6 Å². The molecule has 212 valence electrons. The van der Waals surface area contributed by atoms with Gasteiger partial charge in [0.1, 0.15) is 23.0 Å². The number of halogens is 6. The van der Waals surface area contributed by atoms with Crippen molar-refractivity contribution in [2.75, 3.05) is 0 Å². The van der Waals surface area contributed by atoms with Gasteiger partial charge >= 0.3 is 12.1 Å². The van der Waals surface area contributed by atoms with Crippen LogP contribution in [-0.2, 0) is 5.67 Å². The van der Waals surface area contributed by atoms with E-state index >= 15 is 4.39 Å². The van der Waals surface area contributed by atoms with Crippen molar-refractivity contribution in [2.45, 2.75) is 31.6 Å². The van der Waals surface area contributed by atoms with Crippen LogP contribution in [0, 0.1) is 0 Å². The topological polar surface area (TPSA) is 52.6 Å². The van der Waals surface area contributed by atoms with Crippen LogP contribution >= 0.6 is 0 Å². The quantitative estimate of drug-likeness (QED) is 0.148. The zero-order valence-corrected chi connectivity index (χ0v) is 21.6. The molecule has 4 nitrogen and oxygen atoms in total. The Balaban J connectivity index is 1.64. The second kappa shape index (κ2) is 11.1. The second-order valence-electron chi connectivity index (χ2n) is 9.14. The number of ketones is 2. The van der Waals surface area contributed by atoms with E-state index in [0.717, 1.165) is 48.5 Å². The van der Waals surface area contributed by atoms with E-state index in [1.165, 1.54) is 62.4 Å². The summed E-state index contributed by atoms with van der Waals surface area (Å²) in [6.45, 7) is 2.76. The van der Waals surface area contributed by atoms with Gasteiger partial charge in [0.05, 0.1) is 0 Å². The van der Waals surface area contributed by atoms with Crippen molar-refractivity contribution in [3.8, 4) is 23.0 Å². The maximum atomic E-state index is 16.3. The summed E-state index contributed by atoms with van der Waals surface area (Å²) in [5.74, 6) is -5.54. The SMILES string of the molecule is CC(=O)c1ccc(Oc2ccc(C(F)(c3ccc(Oc4ccc(C(C)=O)cc4)cc3)C(F)(F)C(F)(F)F)cc2)cc1. The summed E-state index contributed by atoms with van der Waals surface area (Å²) in [5, 5.41) is 0. The van der Waals surface area contributed by atoms with Crippen molar-refractivity contribution in [1.82, 2.24) is 0 Å². The van der Waals surface area contributed by atoms with Gasteiger partial charge < -0.3 is 9.47 Å². The maximum absolute atomic E-state index is 16.3. The molecule has 0 bridgehead atoms. The average molecular weight is 573 g/mol. The molecule has 0 saturated heterocycles. The minimum Gasteiger partial charge on any atom is -0.457 e. The molecule has 0 heterocycles. The minimum absolute atomic E-state index is 0.0431. The van der Waals surface area contributed by atoms with Gasteiger partial charge in [0.25, 0.3) is 0 Å². The smallest absolute Gasteiger partial charge is 0.457 e. The molecule has 0 radical (unpaired) electrons. The number of Topliss-reactive ketones (excluding diaryl/α,β-unsaturated/α-hetero) is 2. The van der Waals surface area contributed by atoms with Crippen LogP contribution in [0.1, 0.15) is 45.7 Å². The summed E-state index contributed by atoms with van der Waals surface area (Å²) in [5.41, 5.74) is -5.35. The molecule has 0 unspecified atom stereocenters. The van der Waals surface area contributed by atoms with Gasteiger partial charge in [-0.2, -0.15) is 22.0 Å². The van der Waals surface area contributed by atoms with Gasteiger partial charge in [-0.1, -0.05) is 24.3 Å². The highest BCUT2D eigenvalue weighted by molar-refractivity contribution is 5.94. The van der Waals surface area contributed by atoms with Crippen LogP contribution in [0.5, 0.6) is 23.0 Å². The highest BCUT2D eigenvalue weighted by Gasteiger charge is 2.72. The van der Waals surface area contributed by atoms with Crippen LogP contribution in [0.3, 0.4) is 0 Å². The van der Waals surface area contributed by atoms with E-state index in [-0.39, 0.29) is 34.6 Å². The fraction of sp³-hybridized carbons (Fsp3) is 0.161. The molecule has 41 heavy (non-hydrogen) atoms. The molecule has 0 atom stereocenters. The predicted molar refractivity (Wildman–Crippen MR) is 139 cm³/mol. The van der Waals surface area contributed by atoms with Crippen molar-refractivity contribution in [2.24, 2.45) is 0 Å². The zero-order valence-electron chi connectivity index (χ0n) is 21.6. The molecule has 10 heteroatoms. The van der Waals surface area contributed by atoms with Gasteiger partial charge in [0.2, 0.25) is 5.67 Å². The molecule has 0 N–H and O–H groups in total. The number of rotatable bonds is 9. The largest absolute Gasteiger partial charge is 0.457 e. The first-order chi connectivity index (χ1) is 19.2. The molecule has 0 aliphatic rings. The third-order valence-electron chi connectivity index (χ3n) is 6.29. The number of hydrogen-bond donors (Lipinski definition) is 0. The van der Waals surface area contributed by atoms with Crippen LogP contribution < -0.4 is 9.47 Å². The molecule has 0 spiro atoms. The lowest BCUT2D eigenvalue weighted by molar-refractivity contribution is -0.323. The molecule has 0 aliphatic carbocycles. The van der Waals surface area contributed by atoms with E-state index in [1.54, 1.807) is 0 Å². The van der Waals surface area contributed by atoms with Gasteiger partial charge in [0.15, 0.2) is 11.6 Å².